The fourth-order valence-electron chi connectivity index (χ4n) is 4.08. The zero-order valence-corrected chi connectivity index (χ0v) is 19.8. The van der Waals surface area contributed by atoms with Crippen LogP contribution in [0.2, 0.25) is 0 Å². The predicted molar refractivity (Wildman–Crippen MR) is 133 cm³/mol. The molecule has 0 saturated heterocycles. The first-order valence-corrected chi connectivity index (χ1v) is 11.9. The van der Waals surface area contributed by atoms with Gasteiger partial charge < -0.3 is 9.84 Å². The van der Waals surface area contributed by atoms with Crippen LogP contribution in [0.15, 0.2) is 67.3 Å². The maximum absolute atomic E-state index is 10.6. The molecule has 174 valence electrons. The number of para-hydroxylation sites is 1. The third-order valence-electron chi connectivity index (χ3n) is 6.14. The largest absolute Gasteiger partial charge is 0.439 e. The highest BCUT2D eigenvalue weighted by atomic mass is 16.5. The van der Waals surface area contributed by atoms with Crippen LogP contribution in [-0.2, 0) is 6.54 Å². The molecule has 1 aromatic heterocycles. The molecule has 1 N–H and O–H groups in total. The van der Waals surface area contributed by atoms with Gasteiger partial charge in [0, 0.05) is 19.6 Å². The monoisotopic (exact) mass is 445 g/mol. The van der Waals surface area contributed by atoms with Crippen LogP contribution in [-0.4, -0.2) is 39.0 Å². The van der Waals surface area contributed by atoms with Gasteiger partial charge in [-0.25, -0.2) is 4.68 Å². The molecule has 1 unspecified atom stereocenters. The van der Waals surface area contributed by atoms with Crippen molar-refractivity contribution in [3.63, 3.8) is 0 Å². The Labute approximate surface area is 197 Å². The van der Waals surface area contributed by atoms with Crippen LogP contribution in [0, 0.1) is 19.8 Å². The number of aryl methyl sites for hydroxylation is 2. The van der Waals surface area contributed by atoms with Crippen molar-refractivity contribution < 1.29 is 9.84 Å². The van der Waals surface area contributed by atoms with E-state index in [0.717, 1.165) is 53.9 Å². The fraction of sp³-hybridized carbons (Fsp3) is 0.393. The maximum Gasteiger partial charge on any atom is 0.227 e. The molecule has 0 spiro atoms. The SMILES string of the molecule is C=CCCC(O)CN(Cc1c(C)nn(-c2ccccc2)c1Oc1ccc(C)cc1)CC1CC1. The van der Waals surface area contributed by atoms with Gasteiger partial charge in [-0.1, -0.05) is 42.0 Å². The minimum absolute atomic E-state index is 0.368. The van der Waals surface area contributed by atoms with Gasteiger partial charge in [-0.2, -0.15) is 5.10 Å². The molecule has 1 fully saturated rings. The highest BCUT2D eigenvalue weighted by Gasteiger charge is 2.28. The zero-order chi connectivity index (χ0) is 23.2. The van der Waals surface area contributed by atoms with Gasteiger partial charge in [-0.3, -0.25) is 4.90 Å². The number of allylic oxidation sites excluding steroid dienone is 1. The van der Waals surface area contributed by atoms with E-state index < -0.39 is 0 Å². The van der Waals surface area contributed by atoms with Crippen LogP contribution in [0.5, 0.6) is 11.6 Å². The number of nitrogens with zero attached hydrogens (tertiary/aromatic N) is 3. The lowest BCUT2D eigenvalue weighted by atomic mass is 10.1. The van der Waals surface area contributed by atoms with Gasteiger partial charge in [-0.05, 0) is 69.7 Å². The van der Waals surface area contributed by atoms with Gasteiger partial charge in [-0.15, -0.1) is 6.58 Å². The molecule has 5 nitrogen and oxygen atoms in total. The smallest absolute Gasteiger partial charge is 0.227 e. The summed E-state index contributed by atoms with van der Waals surface area (Å²) in [5.41, 5.74) is 4.17. The lowest BCUT2D eigenvalue weighted by Gasteiger charge is -2.25. The molecule has 1 aliphatic rings. The summed E-state index contributed by atoms with van der Waals surface area (Å²) in [7, 11) is 0. The molecule has 4 rings (SSSR count). The number of aliphatic hydroxyl groups is 1. The summed E-state index contributed by atoms with van der Waals surface area (Å²) >= 11 is 0. The molecular weight excluding hydrogens is 410 g/mol. The van der Waals surface area contributed by atoms with E-state index in [9.17, 15) is 5.11 Å². The Balaban J connectivity index is 1.65. The minimum Gasteiger partial charge on any atom is -0.439 e. The molecular formula is C28H35N3O2. The molecule has 5 heteroatoms. The Bertz CT molecular complexity index is 1040. The Hall–Kier alpha value is -2.89. The summed E-state index contributed by atoms with van der Waals surface area (Å²) in [5.74, 6) is 2.25. The topological polar surface area (TPSA) is 50.5 Å². The summed E-state index contributed by atoms with van der Waals surface area (Å²) in [6.45, 7) is 10.2. The number of ether oxygens (including phenoxy) is 1. The zero-order valence-electron chi connectivity index (χ0n) is 19.8. The Morgan fingerprint density at radius 1 is 1.15 bits per heavy atom. The van der Waals surface area contributed by atoms with E-state index in [1.807, 2.05) is 60.1 Å². The average Bonchev–Trinajstić information content (AvgIpc) is 3.58. The lowest BCUT2D eigenvalue weighted by Crippen LogP contribution is -2.34. The second-order valence-electron chi connectivity index (χ2n) is 9.19. The van der Waals surface area contributed by atoms with Crippen molar-refractivity contribution in [2.45, 2.75) is 52.2 Å². The van der Waals surface area contributed by atoms with E-state index >= 15 is 0 Å². The molecule has 1 aliphatic carbocycles. The molecule has 0 radical (unpaired) electrons. The number of benzene rings is 2. The van der Waals surface area contributed by atoms with Crippen LogP contribution in [0.3, 0.4) is 0 Å². The van der Waals surface area contributed by atoms with Gasteiger partial charge in [0.2, 0.25) is 5.88 Å². The molecule has 0 bridgehead atoms. The van der Waals surface area contributed by atoms with E-state index in [1.54, 1.807) is 0 Å². The van der Waals surface area contributed by atoms with Crippen LogP contribution >= 0.6 is 0 Å². The molecule has 0 amide bonds. The fourth-order valence-corrected chi connectivity index (χ4v) is 4.08. The third-order valence-corrected chi connectivity index (χ3v) is 6.14. The minimum atomic E-state index is -0.368. The van der Waals surface area contributed by atoms with E-state index in [2.05, 4.69) is 30.5 Å². The van der Waals surface area contributed by atoms with E-state index in [4.69, 9.17) is 9.84 Å². The second kappa shape index (κ2) is 10.8. The molecule has 3 aromatic rings. The van der Waals surface area contributed by atoms with E-state index in [-0.39, 0.29) is 6.10 Å². The van der Waals surface area contributed by atoms with Crippen molar-refractivity contribution in [2.75, 3.05) is 13.1 Å². The van der Waals surface area contributed by atoms with Gasteiger partial charge in [0.25, 0.3) is 0 Å². The molecule has 1 saturated carbocycles. The summed E-state index contributed by atoms with van der Waals surface area (Å²) in [5, 5.41) is 15.5. The highest BCUT2D eigenvalue weighted by molar-refractivity contribution is 5.43. The van der Waals surface area contributed by atoms with Crippen molar-refractivity contribution in [3.05, 3.63) is 84.1 Å². The first-order valence-electron chi connectivity index (χ1n) is 11.9. The molecule has 2 aromatic carbocycles. The van der Waals surface area contributed by atoms with Crippen LogP contribution in [0.4, 0.5) is 0 Å². The van der Waals surface area contributed by atoms with Crippen molar-refractivity contribution >= 4 is 0 Å². The van der Waals surface area contributed by atoms with E-state index in [0.29, 0.717) is 13.1 Å². The summed E-state index contributed by atoms with van der Waals surface area (Å²) in [4.78, 5) is 2.37. The summed E-state index contributed by atoms with van der Waals surface area (Å²) < 4.78 is 8.36. The number of aromatic nitrogens is 2. The standard InChI is InChI=1S/C28H35N3O2/c1-4-5-11-25(32)19-30(18-23-14-15-23)20-27-22(3)29-31(24-9-7-6-8-10-24)28(27)33-26-16-12-21(2)13-17-26/h4,6-10,12-13,16-17,23,25,32H,1,5,11,14-15,18-20H2,2-3H3. The van der Waals surface area contributed by atoms with Gasteiger partial charge in [0.1, 0.15) is 5.75 Å². The average molecular weight is 446 g/mol. The van der Waals surface area contributed by atoms with Crippen LogP contribution < -0.4 is 4.74 Å². The molecule has 0 aliphatic heterocycles. The molecule has 33 heavy (non-hydrogen) atoms. The Morgan fingerprint density at radius 3 is 2.55 bits per heavy atom. The number of hydrogen-bond acceptors (Lipinski definition) is 4. The molecule has 1 heterocycles. The second-order valence-corrected chi connectivity index (χ2v) is 9.19. The predicted octanol–water partition coefficient (Wildman–Crippen LogP) is 5.82. The lowest BCUT2D eigenvalue weighted by molar-refractivity contribution is 0.0991. The van der Waals surface area contributed by atoms with Gasteiger partial charge in [0.05, 0.1) is 23.0 Å². The first kappa shape index (κ1) is 23.3. The number of hydrogen-bond donors (Lipinski definition) is 1. The Morgan fingerprint density at radius 2 is 1.88 bits per heavy atom. The number of aliphatic hydroxyl groups excluding tert-OH is 1. The van der Waals surface area contributed by atoms with Crippen molar-refractivity contribution in [1.82, 2.24) is 14.7 Å². The summed E-state index contributed by atoms with van der Waals surface area (Å²) in [6.07, 6.45) is 5.61. The maximum atomic E-state index is 10.6. The number of rotatable bonds is 12. The van der Waals surface area contributed by atoms with E-state index in [1.165, 1.54) is 18.4 Å². The Kier molecular flexibility index (Phi) is 7.63. The van der Waals surface area contributed by atoms with Crippen LogP contribution in [0.1, 0.15) is 42.5 Å². The van der Waals surface area contributed by atoms with Gasteiger partial charge >= 0.3 is 0 Å². The van der Waals surface area contributed by atoms with Crippen molar-refractivity contribution in [3.8, 4) is 17.3 Å². The third kappa shape index (κ3) is 6.34. The quantitative estimate of drug-likeness (QED) is 0.357. The van der Waals surface area contributed by atoms with Crippen molar-refractivity contribution in [1.29, 1.82) is 0 Å². The normalized spacial score (nSPS) is 14.4. The molecule has 1 atom stereocenters. The van der Waals surface area contributed by atoms with Gasteiger partial charge in [0.15, 0.2) is 0 Å². The first-order chi connectivity index (χ1) is 16.0. The van der Waals surface area contributed by atoms with Crippen molar-refractivity contribution in [2.24, 2.45) is 5.92 Å². The summed E-state index contributed by atoms with van der Waals surface area (Å²) in [6, 6.07) is 18.2. The highest BCUT2D eigenvalue weighted by Crippen LogP contribution is 2.34. The van der Waals surface area contributed by atoms with Crippen LogP contribution in [0.25, 0.3) is 5.69 Å².